The van der Waals surface area contributed by atoms with Crippen LogP contribution in [0.25, 0.3) is 0 Å². The highest BCUT2D eigenvalue weighted by molar-refractivity contribution is 14.0. The first-order chi connectivity index (χ1) is 12.4. The topological polar surface area (TPSA) is 40.8 Å². The molecule has 0 saturated heterocycles. The van der Waals surface area contributed by atoms with Crippen LogP contribution >= 0.6 is 24.0 Å². The predicted octanol–water partition coefficient (Wildman–Crippen LogP) is 4.60. The molecule has 4 nitrogen and oxygen atoms in total. The van der Waals surface area contributed by atoms with E-state index in [1.165, 1.54) is 11.1 Å². The highest BCUT2D eigenvalue weighted by atomic mass is 127. The second-order valence-corrected chi connectivity index (χ2v) is 6.15. The van der Waals surface area contributed by atoms with Gasteiger partial charge in [0.1, 0.15) is 11.8 Å². The van der Waals surface area contributed by atoms with Crippen molar-refractivity contribution in [3.05, 3.63) is 95.9 Å². The van der Waals surface area contributed by atoms with E-state index in [9.17, 15) is 0 Å². The Hall–Kier alpha value is -2.28. The fraction of sp³-hybridized carbons (Fsp3) is 0.190. The predicted molar refractivity (Wildman–Crippen MR) is 114 cm³/mol. The maximum atomic E-state index is 5.65. The van der Waals surface area contributed by atoms with Crippen molar-refractivity contribution in [2.75, 3.05) is 6.54 Å². The van der Waals surface area contributed by atoms with Crippen molar-refractivity contribution in [2.24, 2.45) is 4.99 Å². The van der Waals surface area contributed by atoms with E-state index in [1.807, 2.05) is 24.3 Å². The van der Waals surface area contributed by atoms with Crippen molar-refractivity contribution in [1.82, 2.24) is 10.2 Å². The van der Waals surface area contributed by atoms with E-state index in [-0.39, 0.29) is 30.0 Å². The number of nitrogens with zero attached hydrogens (tertiary/aromatic N) is 2. The third-order valence-electron chi connectivity index (χ3n) is 4.42. The number of furan rings is 1. The molecule has 0 fully saturated rings. The summed E-state index contributed by atoms with van der Waals surface area (Å²) in [7, 11) is 0. The fourth-order valence-corrected chi connectivity index (χ4v) is 3.13. The van der Waals surface area contributed by atoms with Crippen LogP contribution in [0, 0.1) is 0 Å². The fourth-order valence-electron chi connectivity index (χ4n) is 3.13. The van der Waals surface area contributed by atoms with Gasteiger partial charge in [0, 0.05) is 13.1 Å². The van der Waals surface area contributed by atoms with Crippen LogP contribution in [-0.2, 0) is 13.1 Å². The molecule has 1 atom stereocenters. The van der Waals surface area contributed by atoms with Crippen molar-refractivity contribution in [1.29, 1.82) is 0 Å². The molecule has 2 heterocycles. The third kappa shape index (κ3) is 4.27. The van der Waals surface area contributed by atoms with Gasteiger partial charge in [-0.25, -0.2) is 0 Å². The second-order valence-electron chi connectivity index (χ2n) is 6.15. The first kappa shape index (κ1) is 18.5. The largest absolute Gasteiger partial charge is 0.467 e. The monoisotopic (exact) mass is 459 g/mol. The number of halogens is 1. The van der Waals surface area contributed by atoms with Crippen molar-refractivity contribution >= 4 is 29.9 Å². The minimum Gasteiger partial charge on any atom is -0.467 e. The van der Waals surface area contributed by atoms with Gasteiger partial charge in [-0.2, -0.15) is 0 Å². The van der Waals surface area contributed by atoms with Crippen LogP contribution in [0.5, 0.6) is 0 Å². The zero-order chi connectivity index (χ0) is 16.9. The lowest BCUT2D eigenvalue weighted by Crippen LogP contribution is -2.39. The van der Waals surface area contributed by atoms with Crippen molar-refractivity contribution < 1.29 is 4.42 Å². The molecule has 0 radical (unpaired) electrons. The third-order valence-corrected chi connectivity index (χ3v) is 4.42. The number of benzene rings is 2. The molecular formula is C21H22IN3O. The van der Waals surface area contributed by atoms with Gasteiger partial charge in [-0.05, 0) is 23.3 Å². The van der Waals surface area contributed by atoms with Crippen LogP contribution in [0.1, 0.15) is 22.9 Å². The summed E-state index contributed by atoms with van der Waals surface area (Å²) >= 11 is 0. The highest BCUT2D eigenvalue weighted by Gasteiger charge is 2.30. The van der Waals surface area contributed by atoms with Gasteiger partial charge in [0.25, 0.3) is 0 Å². The average molecular weight is 459 g/mol. The maximum Gasteiger partial charge on any atom is 0.195 e. The van der Waals surface area contributed by atoms with Crippen molar-refractivity contribution in [3.63, 3.8) is 0 Å². The quantitative estimate of drug-likeness (QED) is 0.568. The lowest BCUT2D eigenvalue weighted by Gasteiger charge is -2.27. The summed E-state index contributed by atoms with van der Waals surface area (Å²) in [6, 6.07) is 25.0. The average Bonchev–Trinajstić information content (AvgIpc) is 3.32. The van der Waals surface area contributed by atoms with Crippen LogP contribution in [0.4, 0.5) is 0 Å². The molecule has 0 amide bonds. The van der Waals surface area contributed by atoms with Gasteiger partial charge in [-0.15, -0.1) is 24.0 Å². The summed E-state index contributed by atoms with van der Waals surface area (Å²) < 4.78 is 5.65. The Labute approximate surface area is 171 Å². The molecule has 0 saturated carbocycles. The standard InChI is InChI=1S/C21H21N3O.HI/c1-3-8-17(9-4-1)14-22-21-23-15-19(20-12-7-13-25-20)24(21)16-18-10-5-2-6-11-18;/h1-13,19H,14-16H2,(H,22,23);1H. The summed E-state index contributed by atoms with van der Waals surface area (Å²) in [6.45, 7) is 2.26. The number of nitrogens with one attached hydrogen (secondary N) is 1. The molecule has 26 heavy (non-hydrogen) atoms. The molecule has 1 unspecified atom stereocenters. The number of rotatable bonds is 5. The minimum atomic E-state index is 0. The van der Waals surface area contributed by atoms with Crippen LogP contribution < -0.4 is 5.32 Å². The number of hydrogen-bond acceptors (Lipinski definition) is 4. The maximum absolute atomic E-state index is 5.65. The van der Waals surface area contributed by atoms with E-state index in [0.29, 0.717) is 6.54 Å². The molecule has 134 valence electrons. The number of aliphatic imine (C=N–C) groups is 1. The summed E-state index contributed by atoms with van der Waals surface area (Å²) in [5, 5.41) is 3.49. The normalized spacial score (nSPS) is 16.1. The highest BCUT2D eigenvalue weighted by Crippen LogP contribution is 2.28. The van der Waals surface area contributed by atoms with E-state index in [0.717, 1.165) is 24.8 Å². The summed E-state index contributed by atoms with van der Waals surface area (Å²) in [6.07, 6.45) is 1.73. The summed E-state index contributed by atoms with van der Waals surface area (Å²) in [5.41, 5.74) is 2.50. The first-order valence-electron chi connectivity index (χ1n) is 8.56. The lowest BCUT2D eigenvalue weighted by atomic mass is 10.1. The van der Waals surface area contributed by atoms with Gasteiger partial charge >= 0.3 is 0 Å². The van der Waals surface area contributed by atoms with Gasteiger partial charge in [0.2, 0.25) is 0 Å². The number of hydrogen-bond donors (Lipinski definition) is 1. The summed E-state index contributed by atoms with van der Waals surface area (Å²) in [5.74, 6) is 1.88. The molecule has 0 spiro atoms. The molecule has 1 aliphatic rings. The van der Waals surface area contributed by atoms with E-state index in [1.54, 1.807) is 6.26 Å². The SMILES string of the molecule is I.c1ccc(CNC2=NCC(c3ccco3)N2Cc2ccccc2)cc1. The molecule has 0 aliphatic carbocycles. The molecule has 1 N–H and O–H groups in total. The molecule has 1 aliphatic heterocycles. The zero-order valence-electron chi connectivity index (χ0n) is 14.4. The van der Waals surface area contributed by atoms with Gasteiger partial charge in [-0.3, -0.25) is 4.99 Å². The molecule has 2 aromatic carbocycles. The van der Waals surface area contributed by atoms with E-state index >= 15 is 0 Å². The lowest BCUT2D eigenvalue weighted by molar-refractivity contribution is 0.289. The van der Waals surface area contributed by atoms with Gasteiger partial charge in [-0.1, -0.05) is 60.7 Å². The Balaban J connectivity index is 0.00000196. The molecule has 3 aromatic rings. The Morgan fingerprint density at radius 3 is 2.27 bits per heavy atom. The van der Waals surface area contributed by atoms with Gasteiger partial charge < -0.3 is 14.6 Å². The van der Waals surface area contributed by atoms with E-state index in [2.05, 4.69) is 58.7 Å². The van der Waals surface area contributed by atoms with Crippen LogP contribution in [0.15, 0.2) is 88.5 Å². The van der Waals surface area contributed by atoms with Crippen LogP contribution in [-0.4, -0.2) is 17.4 Å². The molecule has 5 heteroatoms. The van der Waals surface area contributed by atoms with Crippen molar-refractivity contribution in [3.8, 4) is 0 Å². The molecule has 1 aromatic heterocycles. The Kier molecular flexibility index (Phi) is 6.33. The van der Waals surface area contributed by atoms with Crippen molar-refractivity contribution in [2.45, 2.75) is 19.1 Å². The minimum absolute atomic E-state index is 0. The van der Waals surface area contributed by atoms with E-state index < -0.39 is 0 Å². The smallest absolute Gasteiger partial charge is 0.195 e. The van der Waals surface area contributed by atoms with E-state index in [4.69, 9.17) is 9.41 Å². The Morgan fingerprint density at radius 2 is 1.62 bits per heavy atom. The van der Waals surface area contributed by atoms with Gasteiger partial charge in [0.15, 0.2) is 5.96 Å². The second kappa shape index (κ2) is 8.89. The van der Waals surface area contributed by atoms with Crippen LogP contribution in [0.2, 0.25) is 0 Å². The van der Waals surface area contributed by atoms with Crippen LogP contribution in [0.3, 0.4) is 0 Å². The molecular weight excluding hydrogens is 437 g/mol. The Morgan fingerprint density at radius 1 is 0.923 bits per heavy atom. The van der Waals surface area contributed by atoms with Gasteiger partial charge in [0.05, 0.1) is 12.8 Å². The number of guanidine groups is 1. The molecule has 4 rings (SSSR count). The Bertz CT molecular complexity index is 819. The molecule has 0 bridgehead atoms. The zero-order valence-corrected chi connectivity index (χ0v) is 16.7. The summed E-state index contributed by atoms with van der Waals surface area (Å²) in [4.78, 5) is 7.03. The first-order valence-corrected chi connectivity index (χ1v) is 8.56.